The van der Waals surface area contributed by atoms with Crippen LogP contribution in [-0.4, -0.2) is 9.97 Å². The third kappa shape index (κ3) is 2.14. The molecule has 2 aromatic rings. The standard InChI is InChI=1S/C13H17BrN2/c1-8(13(2,3)4)12-15-10-6-5-9(14)7-11(10)16-12/h5-8H,1-4H3,(H,15,16)/t8-/m1/s1. The van der Waals surface area contributed by atoms with Crippen molar-refractivity contribution in [2.24, 2.45) is 5.41 Å². The van der Waals surface area contributed by atoms with Gasteiger partial charge in [0.1, 0.15) is 5.82 Å². The van der Waals surface area contributed by atoms with Gasteiger partial charge in [0, 0.05) is 10.4 Å². The summed E-state index contributed by atoms with van der Waals surface area (Å²) in [5.41, 5.74) is 2.36. The lowest BCUT2D eigenvalue weighted by molar-refractivity contribution is 0.330. The minimum atomic E-state index is 0.227. The van der Waals surface area contributed by atoms with E-state index in [1.807, 2.05) is 12.1 Å². The monoisotopic (exact) mass is 280 g/mol. The molecule has 0 saturated heterocycles. The van der Waals surface area contributed by atoms with Crippen LogP contribution < -0.4 is 0 Å². The number of imidazole rings is 1. The molecule has 3 heteroatoms. The summed E-state index contributed by atoms with van der Waals surface area (Å²) in [6.45, 7) is 8.93. The molecule has 0 aliphatic carbocycles. The number of aromatic nitrogens is 2. The van der Waals surface area contributed by atoms with Crippen LogP contribution in [0.1, 0.15) is 39.4 Å². The summed E-state index contributed by atoms with van der Waals surface area (Å²) in [6.07, 6.45) is 0. The van der Waals surface area contributed by atoms with E-state index in [9.17, 15) is 0 Å². The average molecular weight is 281 g/mol. The number of H-pyrrole nitrogens is 1. The Labute approximate surface area is 105 Å². The molecule has 86 valence electrons. The Hall–Kier alpha value is -0.830. The first kappa shape index (κ1) is 11.6. The largest absolute Gasteiger partial charge is 0.342 e. The number of nitrogens with zero attached hydrogens (tertiary/aromatic N) is 1. The second-order valence-corrected chi connectivity index (χ2v) is 6.29. The molecule has 1 N–H and O–H groups in total. The minimum absolute atomic E-state index is 0.227. The summed E-state index contributed by atoms with van der Waals surface area (Å²) in [5, 5.41) is 0. The Bertz CT molecular complexity index is 508. The van der Waals surface area contributed by atoms with E-state index in [2.05, 4.69) is 59.7 Å². The van der Waals surface area contributed by atoms with Gasteiger partial charge in [0.2, 0.25) is 0 Å². The predicted molar refractivity (Wildman–Crippen MR) is 71.7 cm³/mol. The number of aromatic amines is 1. The Balaban J connectivity index is 2.47. The molecule has 16 heavy (non-hydrogen) atoms. The highest BCUT2D eigenvalue weighted by Gasteiger charge is 2.24. The first-order chi connectivity index (χ1) is 7.38. The van der Waals surface area contributed by atoms with Gasteiger partial charge in [-0.05, 0) is 23.6 Å². The van der Waals surface area contributed by atoms with Gasteiger partial charge in [-0.15, -0.1) is 0 Å². The van der Waals surface area contributed by atoms with Gasteiger partial charge >= 0.3 is 0 Å². The zero-order valence-electron chi connectivity index (χ0n) is 10.1. The second-order valence-electron chi connectivity index (χ2n) is 5.37. The maximum Gasteiger partial charge on any atom is 0.110 e. The maximum atomic E-state index is 4.64. The number of hydrogen-bond acceptors (Lipinski definition) is 1. The van der Waals surface area contributed by atoms with Gasteiger partial charge in [0.25, 0.3) is 0 Å². The highest BCUT2D eigenvalue weighted by molar-refractivity contribution is 9.10. The number of benzene rings is 1. The van der Waals surface area contributed by atoms with Crippen molar-refractivity contribution < 1.29 is 0 Å². The molecule has 0 fully saturated rings. The fourth-order valence-electron chi connectivity index (χ4n) is 1.62. The number of rotatable bonds is 1. The molecule has 0 amide bonds. The lowest BCUT2D eigenvalue weighted by Crippen LogP contribution is -2.16. The van der Waals surface area contributed by atoms with Crippen LogP contribution >= 0.6 is 15.9 Å². The van der Waals surface area contributed by atoms with Crippen LogP contribution in [0.4, 0.5) is 0 Å². The molecule has 1 aromatic heterocycles. The van der Waals surface area contributed by atoms with Crippen LogP contribution in [0, 0.1) is 5.41 Å². The van der Waals surface area contributed by atoms with Crippen molar-refractivity contribution in [2.45, 2.75) is 33.6 Å². The highest BCUT2D eigenvalue weighted by atomic mass is 79.9. The van der Waals surface area contributed by atoms with E-state index in [1.165, 1.54) is 0 Å². The van der Waals surface area contributed by atoms with Crippen LogP contribution in [0.5, 0.6) is 0 Å². The summed E-state index contributed by atoms with van der Waals surface area (Å²) in [5.74, 6) is 1.49. The molecule has 2 rings (SSSR count). The predicted octanol–water partition coefficient (Wildman–Crippen LogP) is 4.48. The van der Waals surface area contributed by atoms with Gasteiger partial charge in [-0.2, -0.15) is 0 Å². The molecule has 0 spiro atoms. The van der Waals surface area contributed by atoms with Crippen molar-refractivity contribution in [3.05, 3.63) is 28.5 Å². The Kier molecular flexibility index (Phi) is 2.82. The first-order valence-corrected chi connectivity index (χ1v) is 6.32. The first-order valence-electron chi connectivity index (χ1n) is 5.53. The van der Waals surface area contributed by atoms with E-state index in [4.69, 9.17) is 0 Å². The molecule has 0 aliphatic heterocycles. The quantitative estimate of drug-likeness (QED) is 0.820. The Morgan fingerprint density at radius 2 is 2.00 bits per heavy atom. The van der Waals surface area contributed by atoms with Gasteiger partial charge in [-0.25, -0.2) is 4.98 Å². The number of hydrogen-bond donors (Lipinski definition) is 1. The van der Waals surface area contributed by atoms with Gasteiger partial charge in [0.15, 0.2) is 0 Å². The van der Waals surface area contributed by atoms with Crippen molar-refractivity contribution in [1.82, 2.24) is 9.97 Å². The molecule has 0 radical (unpaired) electrons. The van der Waals surface area contributed by atoms with E-state index in [0.29, 0.717) is 5.92 Å². The smallest absolute Gasteiger partial charge is 0.110 e. The molecule has 1 heterocycles. The molecule has 1 aromatic carbocycles. The molecule has 0 unspecified atom stereocenters. The SMILES string of the molecule is C[C@H](c1nc2ccc(Br)cc2[nH]1)C(C)(C)C. The minimum Gasteiger partial charge on any atom is -0.342 e. The van der Waals surface area contributed by atoms with E-state index < -0.39 is 0 Å². The zero-order valence-corrected chi connectivity index (χ0v) is 11.7. The van der Waals surface area contributed by atoms with Crippen molar-refractivity contribution in [2.75, 3.05) is 0 Å². The number of fused-ring (bicyclic) bond motifs is 1. The lowest BCUT2D eigenvalue weighted by Gasteiger charge is -2.25. The van der Waals surface area contributed by atoms with Crippen LogP contribution in [0.3, 0.4) is 0 Å². The van der Waals surface area contributed by atoms with Gasteiger partial charge in [-0.1, -0.05) is 43.6 Å². The molecular formula is C13H17BrN2. The van der Waals surface area contributed by atoms with Gasteiger partial charge in [0.05, 0.1) is 11.0 Å². The summed E-state index contributed by atoms with van der Waals surface area (Å²) < 4.78 is 1.08. The van der Waals surface area contributed by atoms with Crippen molar-refractivity contribution in [1.29, 1.82) is 0 Å². The molecule has 1 atom stereocenters. The molecule has 0 bridgehead atoms. The summed E-state index contributed by atoms with van der Waals surface area (Å²) in [4.78, 5) is 8.05. The highest BCUT2D eigenvalue weighted by Crippen LogP contribution is 2.33. The van der Waals surface area contributed by atoms with Crippen molar-refractivity contribution >= 4 is 27.0 Å². The molecular weight excluding hydrogens is 264 g/mol. The molecule has 2 nitrogen and oxygen atoms in total. The van der Waals surface area contributed by atoms with Crippen LogP contribution in [0.2, 0.25) is 0 Å². The third-order valence-electron chi connectivity index (χ3n) is 3.17. The van der Waals surface area contributed by atoms with E-state index in [1.54, 1.807) is 0 Å². The lowest BCUT2D eigenvalue weighted by atomic mass is 9.82. The summed E-state index contributed by atoms with van der Waals surface area (Å²) >= 11 is 3.47. The van der Waals surface area contributed by atoms with E-state index >= 15 is 0 Å². The summed E-state index contributed by atoms with van der Waals surface area (Å²) in [7, 11) is 0. The van der Waals surface area contributed by atoms with E-state index in [0.717, 1.165) is 21.3 Å². The van der Waals surface area contributed by atoms with Crippen LogP contribution in [0.15, 0.2) is 22.7 Å². The van der Waals surface area contributed by atoms with Crippen molar-refractivity contribution in [3.63, 3.8) is 0 Å². The van der Waals surface area contributed by atoms with Gasteiger partial charge in [-0.3, -0.25) is 0 Å². The topological polar surface area (TPSA) is 28.7 Å². The fourth-order valence-corrected chi connectivity index (χ4v) is 1.98. The fraction of sp³-hybridized carbons (Fsp3) is 0.462. The van der Waals surface area contributed by atoms with Crippen LogP contribution in [0.25, 0.3) is 11.0 Å². The van der Waals surface area contributed by atoms with Crippen molar-refractivity contribution in [3.8, 4) is 0 Å². The normalized spacial score (nSPS) is 14.3. The second kappa shape index (κ2) is 3.88. The molecule has 0 saturated carbocycles. The number of halogens is 1. The maximum absolute atomic E-state index is 4.64. The third-order valence-corrected chi connectivity index (χ3v) is 3.66. The Morgan fingerprint density at radius 1 is 1.31 bits per heavy atom. The van der Waals surface area contributed by atoms with Gasteiger partial charge < -0.3 is 4.98 Å². The van der Waals surface area contributed by atoms with Crippen LogP contribution in [-0.2, 0) is 0 Å². The van der Waals surface area contributed by atoms with E-state index in [-0.39, 0.29) is 5.41 Å². The average Bonchev–Trinajstić information content (AvgIpc) is 2.57. The molecule has 0 aliphatic rings. The summed E-state index contributed by atoms with van der Waals surface area (Å²) in [6, 6.07) is 6.13. The number of nitrogens with one attached hydrogen (secondary N) is 1. The Morgan fingerprint density at radius 3 is 2.62 bits per heavy atom. The zero-order chi connectivity index (χ0) is 11.9.